The second kappa shape index (κ2) is 7.52. The summed E-state index contributed by atoms with van der Waals surface area (Å²) in [4.78, 5) is 27.5. The number of methoxy groups -OCH3 is 1. The first kappa shape index (κ1) is 17.2. The molecule has 0 bridgehead atoms. The Morgan fingerprint density at radius 3 is 2.92 bits per heavy atom. The normalized spacial score (nSPS) is 20.6. The van der Waals surface area contributed by atoms with E-state index in [-0.39, 0.29) is 36.0 Å². The van der Waals surface area contributed by atoms with E-state index in [2.05, 4.69) is 15.5 Å². The Bertz CT molecular complexity index is 778. The van der Waals surface area contributed by atoms with Crippen molar-refractivity contribution in [2.45, 2.75) is 37.8 Å². The van der Waals surface area contributed by atoms with Crippen molar-refractivity contribution in [1.82, 2.24) is 15.5 Å². The number of hydrogen-bond acceptors (Lipinski definition) is 6. The fourth-order valence-corrected chi connectivity index (χ4v) is 3.02. The van der Waals surface area contributed by atoms with Crippen LogP contribution in [0, 0.1) is 5.92 Å². The highest BCUT2D eigenvalue weighted by Crippen LogP contribution is 2.38. The van der Waals surface area contributed by atoms with Gasteiger partial charge in [0.2, 0.25) is 5.91 Å². The minimum Gasteiger partial charge on any atom is -0.495 e. The van der Waals surface area contributed by atoms with Crippen molar-refractivity contribution in [3.8, 4) is 5.75 Å². The fourth-order valence-electron chi connectivity index (χ4n) is 3.02. The van der Waals surface area contributed by atoms with Gasteiger partial charge in [-0.05, 0) is 30.4 Å². The lowest BCUT2D eigenvalue weighted by atomic mass is 9.75. The fraction of sp³-hybridized carbons (Fsp3) is 0.471. The van der Waals surface area contributed by atoms with Crippen molar-refractivity contribution in [3.63, 3.8) is 0 Å². The summed E-state index contributed by atoms with van der Waals surface area (Å²) in [6.07, 6.45) is 4.78. The van der Waals surface area contributed by atoms with Crippen molar-refractivity contribution in [2.24, 2.45) is 5.92 Å². The van der Waals surface area contributed by atoms with Gasteiger partial charge >= 0.3 is 0 Å². The van der Waals surface area contributed by atoms with Crippen LogP contribution >= 0.6 is 0 Å². The first-order valence-electron chi connectivity index (χ1n) is 8.19. The zero-order valence-corrected chi connectivity index (χ0v) is 13.9. The summed E-state index contributed by atoms with van der Waals surface area (Å²) in [7, 11) is 1.56. The highest BCUT2D eigenvalue weighted by molar-refractivity contribution is 5.76. The number of aromatic nitrogens is 2. The molecule has 0 spiro atoms. The summed E-state index contributed by atoms with van der Waals surface area (Å²) in [5, 5.41) is 14.8. The van der Waals surface area contributed by atoms with Crippen LogP contribution in [0.5, 0.6) is 5.75 Å². The zero-order chi connectivity index (χ0) is 17.8. The topological polar surface area (TPSA) is 117 Å². The van der Waals surface area contributed by atoms with Gasteiger partial charge in [0, 0.05) is 25.1 Å². The van der Waals surface area contributed by atoms with Crippen LogP contribution in [-0.4, -0.2) is 34.4 Å². The third kappa shape index (κ3) is 4.27. The summed E-state index contributed by atoms with van der Waals surface area (Å²) in [5.74, 6) is 1.06. The molecule has 1 amide bonds. The molecule has 134 valence electrons. The average molecular weight is 347 g/mol. The van der Waals surface area contributed by atoms with Crippen LogP contribution < -0.4 is 15.6 Å². The quantitative estimate of drug-likeness (QED) is 0.686. The number of carbonyl (C=O) groups is 1. The molecule has 2 heterocycles. The molecule has 25 heavy (non-hydrogen) atoms. The first-order valence-corrected chi connectivity index (χ1v) is 8.19. The van der Waals surface area contributed by atoms with E-state index >= 15 is 0 Å². The highest BCUT2D eigenvalue weighted by Gasteiger charge is 2.36. The first-order chi connectivity index (χ1) is 12.0. The molecule has 2 aromatic rings. The van der Waals surface area contributed by atoms with Gasteiger partial charge in [-0.2, -0.15) is 5.16 Å². The van der Waals surface area contributed by atoms with E-state index in [0.717, 1.165) is 5.56 Å². The SMILES string of the molecule is COc1cncc([C@@H](NC(=O)CCc2cc(=O)[nH]o2)C2CC(O)C2)c1. The number of aromatic amines is 1. The molecule has 1 aliphatic rings. The van der Waals surface area contributed by atoms with Crippen LogP contribution in [0.4, 0.5) is 0 Å². The molecule has 0 unspecified atom stereocenters. The predicted octanol–water partition coefficient (Wildman–Crippen LogP) is 0.932. The van der Waals surface area contributed by atoms with Crippen LogP contribution in [0.15, 0.2) is 33.8 Å². The van der Waals surface area contributed by atoms with Gasteiger partial charge in [0.25, 0.3) is 5.56 Å². The van der Waals surface area contributed by atoms with Crippen molar-refractivity contribution in [3.05, 3.63) is 46.2 Å². The predicted molar refractivity (Wildman–Crippen MR) is 88.1 cm³/mol. The van der Waals surface area contributed by atoms with E-state index in [4.69, 9.17) is 9.26 Å². The molecular weight excluding hydrogens is 326 g/mol. The molecule has 1 fully saturated rings. The van der Waals surface area contributed by atoms with Crippen molar-refractivity contribution >= 4 is 5.91 Å². The van der Waals surface area contributed by atoms with Crippen LogP contribution in [-0.2, 0) is 11.2 Å². The van der Waals surface area contributed by atoms with Gasteiger partial charge < -0.3 is 19.7 Å². The molecular formula is C17H21N3O5. The maximum atomic E-state index is 12.3. The maximum absolute atomic E-state index is 12.3. The number of aryl methyl sites for hydroxylation is 1. The number of rotatable bonds is 7. The summed E-state index contributed by atoms with van der Waals surface area (Å²) in [6.45, 7) is 0. The van der Waals surface area contributed by atoms with Crippen LogP contribution in [0.25, 0.3) is 0 Å². The largest absolute Gasteiger partial charge is 0.495 e. The van der Waals surface area contributed by atoms with E-state index in [1.54, 1.807) is 19.5 Å². The average Bonchev–Trinajstić information content (AvgIpc) is 3.01. The standard InChI is InChI=1S/C17H21N3O5/c1-24-14-6-11(8-18-9-14)17(10-4-12(21)5-10)19-15(22)3-2-13-7-16(23)20-25-13/h6-10,12,17,21H,2-5H2,1H3,(H,19,22)(H,20,23)/t10?,12?,17-/m0/s1. The second-order valence-corrected chi connectivity index (χ2v) is 6.27. The molecule has 3 N–H and O–H groups in total. The Morgan fingerprint density at radius 2 is 2.28 bits per heavy atom. The Morgan fingerprint density at radius 1 is 1.48 bits per heavy atom. The van der Waals surface area contributed by atoms with Gasteiger partial charge in [-0.1, -0.05) is 0 Å². The van der Waals surface area contributed by atoms with Crippen LogP contribution in [0.3, 0.4) is 0 Å². The summed E-state index contributed by atoms with van der Waals surface area (Å²) in [5.41, 5.74) is 0.525. The molecule has 0 saturated heterocycles. The third-order valence-electron chi connectivity index (χ3n) is 4.44. The summed E-state index contributed by atoms with van der Waals surface area (Å²) >= 11 is 0. The van der Waals surface area contributed by atoms with Crippen molar-refractivity contribution in [1.29, 1.82) is 0 Å². The van der Waals surface area contributed by atoms with Gasteiger partial charge in [-0.25, -0.2) is 0 Å². The smallest absolute Gasteiger partial charge is 0.280 e. The Hall–Kier alpha value is -2.61. The number of H-pyrrole nitrogens is 1. The lowest BCUT2D eigenvalue weighted by molar-refractivity contribution is -0.123. The second-order valence-electron chi connectivity index (χ2n) is 6.27. The van der Waals surface area contributed by atoms with E-state index in [1.807, 2.05) is 6.07 Å². The van der Waals surface area contributed by atoms with E-state index in [1.165, 1.54) is 6.07 Å². The lowest BCUT2D eigenvalue weighted by Crippen LogP contribution is -2.41. The molecule has 0 aromatic carbocycles. The van der Waals surface area contributed by atoms with Crippen LogP contribution in [0.2, 0.25) is 0 Å². The molecule has 0 aliphatic heterocycles. The van der Waals surface area contributed by atoms with E-state index in [9.17, 15) is 14.7 Å². The molecule has 1 atom stereocenters. The molecule has 1 saturated carbocycles. The number of carbonyl (C=O) groups excluding carboxylic acids is 1. The summed E-state index contributed by atoms with van der Waals surface area (Å²) in [6, 6.07) is 2.93. The molecule has 1 aliphatic carbocycles. The Labute approximate surface area is 144 Å². The Balaban J connectivity index is 1.66. The van der Waals surface area contributed by atoms with Gasteiger partial charge in [0.05, 0.1) is 25.5 Å². The minimum atomic E-state index is -0.322. The maximum Gasteiger partial charge on any atom is 0.280 e. The molecule has 3 rings (SSSR count). The van der Waals surface area contributed by atoms with E-state index < -0.39 is 0 Å². The number of pyridine rings is 1. The van der Waals surface area contributed by atoms with Gasteiger partial charge in [-0.3, -0.25) is 14.6 Å². The number of aliphatic hydroxyl groups excluding tert-OH is 1. The van der Waals surface area contributed by atoms with Gasteiger partial charge in [0.1, 0.15) is 11.5 Å². The van der Waals surface area contributed by atoms with Gasteiger partial charge in [-0.15, -0.1) is 0 Å². The number of ether oxygens (including phenoxy) is 1. The number of nitrogens with zero attached hydrogens (tertiary/aromatic N) is 1. The van der Waals surface area contributed by atoms with E-state index in [0.29, 0.717) is 30.8 Å². The van der Waals surface area contributed by atoms with Crippen molar-refractivity contribution in [2.75, 3.05) is 7.11 Å². The summed E-state index contributed by atoms with van der Waals surface area (Å²) < 4.78 is 10.2. The monoisotopic (exact) mass is 347 g/mol. The number of nitrogens with one attached hydrogen (secondary N) is 2. The zero-order valence-electron chi connectivity index (χ0n) is 13.9. The highest BCUT2D eigenvalue weighted by atomic mass is 16.5. The number of aliphatic hydroxyl groups is 1. The number of amides is 1. The molecule has 8 heteroatoms. The molecule has 2 aromatic heterocycles. The molecule has 8 nitrogen and oxygen atoms in total. The van der Waals surface area contributed by atoms with Crippen molar-refractivity contribution < 1.29 is 19.2 Å². The van der Waals surface area contributed by atoms with Gasteiger partial charge in [0.15, 0.2) is 0 Å². The minimum absolute atomic E-state index is 0.151. The molecule has 0 radical (unpaired) electrons. The third-order valence-corrected chi connectivity index (χ3v) is 4.44. The Kier molecular flexibility index (Phi) is 5.18. The lowest BCUT2D eigenvalue weighted by Gasteiger charge is -2.38. The number of hydrogen-bond donors (Lipinski definition) is 3. The van der Waals surface area contributed by atoms with Crippen LogP contribution in [0.1, 0.15) is 36.6 Å².